The highest BCUT2D eigenvalue weighted by Gasteiger charge is 2.09. The van der Waals surface area contributed by atoms with Crippen molar-refractivity contribution < 1.29 is 13.9 Å². The van der Waals surface area contributed by atoms with Crippen molar-refractivity contribution in [3.8, 4) is 17.1 Å². The summed E-state index contributed by atoms with van der Waals surface area (Å²) >= 11 is 0. The first kappa shape index (κ1) is 16.5. The van der Waals surface area contributed by atoms with E-state index in [1.54, 1.807) is 18.3 Å². The maximum absolute atomic E-state index is 14.0. The van der Waals surface area contributed by atoms with Gasteiger partial charge >= 0.3 is 0 Å². The molecule has 0 aliphatic heterocycles. The van der Waals surface area contributed by atoms with E-state index in [1.165, 1.54) is 18.5 Å². The summed E-state index contributed by atoms with van der Waals surface area (Å²) in [4.78, 5) is 12.0. The van der Waals surface area contributed by atoms with Crippen molar-refractivity contribution in [2.45, 2.75) is 0 Å². The van der Waals surface area contributed by atoms with Gasteiger partial charge in [-0.1, -0.05) is 18.2 Å². The van der Waals surface area contributed by atoms with Crippen LogP contribution in [0.15, 0.2) is 71.7 Å². The van der Waals surface area contributed by atoms with Crippen molar-refractivity contribution in [2.75, 3.05) is 10.6 Å². The lowest BCUT2D eigenvalue weighted by atomic mass is 10.1. The van der Waals surface area contributed by atoms with Gasteiger partial charge in [-0.3, -0.25) is 0 Å². The molecule has 0 atom stereocenters. The van der Waals surface area contributed by atoms with Crippen LogP contribution in [0.3, 0.4) is 0 Å². The van der Waals surface area contributed by atoms with Crippen LogP contribution < -0.4 is 10.6 Å². The van der Waals surface area contributed by atoms with E-state index < -0.39 is 5.82 Å². The Morgan fingerprint density at radius 3 is 2.56 bits per heavy atom. The normalized spacial score (nSPS) is 10.6. The molecule has 0 saturated carbocycles. The Bertz CT molecular complexity index is 1070. The van der Waals surface area contributed by atoms with Crippen LogP contribution in [-0.4, -0.2) is 20.1 Å². The van der Waals surface area contributed by atoms with Gasteiger partial charge in [0.2, 0.25) is 5.95 Å². The van der Waals surface area contributed by atoms with E-state index in [4.69, 9.17) is 4.42 Å². The second-order valence-corrected chi connectivity index (χ2v) is 5.64. The molecule has 27 heavy (non-hydrogen) atoms. The Balaban J connectivity index is 1.57. The number of rotatable bonds is 5. The summed E-state index contributed by atoms with van der Waals surface area (Å²) in [7, 11) is 0. The van der Waals surface area contributed by atoms with Crippen molar-refractivity contribution in [3.63, 3.8) is 0 Å². The molecule has 0 unspecified atom stereocenters. The lowest BCUT2D eigenvalue weighted by Gasteiger charge is -2.10. The summed E-state index contributed by atoms with van der Waals surface area (Å²) in [5.74, 6) is 0.291. The number of anilines is 4. The molecule has 0 saturated heterocycles. The number of hydrogen-bond acceptors (Lipinski definition) is 7. The summed E-state index contributed by atoms with van der Waals surface area (Å²) in [6.07, 6.45) is 4.05. The number of aromatic nitrogens is 3. The van der Waals surface area contributed by atoms with Gasteiger partial charge in [-0.2, -0.15) is 4.98 Å². The summed E-state index contributed by atoms with van der Waals surface area (Å²) in [5.41, 5.74) is 2.04. The van der Waals surface area contributed by atoms with Gasteiger partial charge in [0.1, 0.15) is 5.75 Å². The van der Waals surface area contributed by atoms with Gasteiger partial charge in [0.15, 0.2) is 23.8 Å². The third-order valence-electron chi connectivity index (χ3n) is 3.69. The molecule has 4 aromatic rings. The van der Waals surface area contributed by atoms with E-state index in [2.05, 4.69) is 25.6 Å². The van der Waals surface area contributed by atoms with Gasteiger partial charge in [-0.15, -0.1) is 0 Å². The fraction of sp³-hybridized carbons (Fsp3) is 0. The first-order valence-electron chi connectivity index (χ1n) is 8.02. The van der Waals surface area contributed by atoms with Crippen LogP contribution in [0.5, 0.6) is 5.75 Å². The number of halogens is 1. The van der Waals surface area contributed by atoms with Crippen molar-refractivity contribution in [1.29, 1.82) is 0 Å². The van der Waals surface area contributed by atoms with Crippen LogP contribution in [0.25, 0.3) is 11.3 Å². The fourth-order valence-corrected chi connectivity index (χ4v) is 2.47. The Hall–Kier alpha value is -3.94. The largest absolute Gasteiger partial charge is 0.508 e. The third-order valence-corrected chi connectivity index (χ3v) is 3.69. The molecule has 0 aliphatic rings. The molecular weight excluding hydrogens is 349 g/mol. The summed E-state index contributed by atoms with van der Waals surface area (Å²) in [6, 6.07) is 13.7. The molecule has 2 heterocycles. The van der Waals surface area contributed by atoms with Crippen LogP contribution in [0, 0.1) is 5.82 Å². The molecule has 134 valence electrons. The fourth-order valence-electron chi connectivity index (χ4n) is 2.47. The molecule has 7 nitrogen and oxygen atoms in total. The number of phenolic OH excluding ortho intramolecular Hbond substituents is 1. The zero-order valence-corrected chi connectivity index (χ0v) is 13.9. The van der Waals surface area contributed by atoms with E-state index in [-0.39, 0.29) is 17.5 Å². The molecule has 0 bridgehead atoms. The molecular formula is C19H14FN5O2. The minimum Gasteiger partial charge on any atom is -0.508 e. The van der Waals surface area contributed by atoms with E-state index in [9.17, 15) is 9.50 Å². The van der Waals surface area contributed by atoms with Crippen LogP contribution in [0.1, 0.15) is 0 Å². The van der Waals surface area contributed by atoms with Gasteiger partial charge in [0, 0.05) is 23.0 Å². The van der Waals surface area contributed by atoms with Crippen molar-refractivity contribution in [2.24, 2.45) is 0 Å². The molecule has 0 radical (unpaired) electrons. The molecule has 8 heteroatoms. The number of phenols is 1. The first-order chi connectivity index (χ1) is 13.2. The van der Waals surface area contributed by atoms with Crippen molar-refractivity contribution in [1.82, 2.24) is 15.0 Å². The lowest BCUT2D eigenvalue weighted by molar-refractivity contribution is 0.475. The monoisotopic (exact) mass is 363 g/mol. The Morgan fingerprint density at radius 1 is 0.963 bits per heavy atom. The number of benzene rings is 2. The van der Waals surface area contributed by atoms with E-state index in [0.717, 1.165) is 11.8 Å². The average molecular weight is 363 g/mol. The molecule has 0 spiro atoms. The Labute approximate surface area is 153 Å². The minimum absolute atomic E-state index is 0.00973. The lowest BCUT2D eigenvalue weighted by Crippen LogP contribution is -2.03. The zero-order chi connectivity index (χ0) is 18.6. The number of hydrogen-bond donors (Lipinski definition) is 3. The van der Waals surface area contributed by atoms with E-state index in [0.29, 0.717) is 17.1 Å². The molecule has 4 rings (SSSR count). The topological polar surface area (TPSA) is 96.1 Å². The molecule has 3 N–H and O–H groups in total. The predicted octanol–water partition coefficient (Wildman–Crippen LogP) is 4.46. The van der Waals surface area contributed by atoms with Crippen LogP contribution >= 0.6 is 0 Å². The first-order valence-corrected chi connectivity index (χ1v) is 8.02. The van der Waals surface area contributed by atoms with Crippen LogP contribution in [0.2, 0.25) is 0 Å². The second kappa shape index (κ2) is 7.12. The van der Waals surface area contributed by atoms with Gasteiger partial charge in [0.25, 0.3) is 0 Å². The highest BCUT2D eigenvalue weighted by molar-refractivity contribution is 5.66. The van der Waals surface area contributed by atoms with Gasteiger partial charge < -0.3 is 20.2 Å². The van der Waals surface area contributed by atoms with Gasteiger partial charge in [0.05, 0.1) is 12.4 Å². The number of nitrogens with zero attached hydrogens (tertiary/aromatic N) is 3. The second-order valence-electron chi connectivity index (χ2n) is 5.64. The highest BCUT2D eigenvalue weighted by Crippen LogP contribution is 2.25. The quantitative estimate of drug-likeness (QED) is 0.481. The number of oxazole rings is 1. The van der Waals surface area contributed by atoms with Crippen LogP contribution in [-0.2, 0) is 0 Å². The summed E-state index contributed by atoms with van der Waals surface area (Å²) in [6.45, 7) is 0. The van der Waals surface area contributed by atoms with Crippen molar-refractivity contribution in [3.05, 3.63) is 73.1 Å². The Kier molecular flexibility index (Phi) is 4.36. The van der Waals surface area contributed by atoms with Crippen LogP contribution in [0.4, 0.5) is 27.5 Å². The number of aromatic hydroxyl groups is 1. The summed E-state index contributed by atoms with van der Waals surface area (Å²) < 4.78 is 19.3. The zero-order valence-electron chi connectivity index (χ0n) is 13.9. The van der Waals surface area contributed by atoms with Gasteiger partial charge in [-0.25, -0.2) is 14.4 Å². The molecule has 0 fully saturated rings. The maximum Gasteiger partial charge on any atom is 0.229 e. The molecule has 2 aromatic carbocycles. The smallest absolute Gasteiger partial charge is 0.229 e. The highest BCUT2D eigenvalue weighted by atomic mass is 19.1. The third kappa shape index (κ3) is 3.84. The summed E-state index contributed by atoms with van der Waals surface area (Å²) in [5, 5.41) is 15.4. The minimum atomic E-state index is -0.612. The SMILES string of the molecule is Oc1cccc(Nc2nc(Nc3cccc(-c4cnco4)c3)ncc2F)c1. The predicted molar refractivity (Wildman–Crippen MR) is 98.6 cm³/mol. The molecule has 2 aromatic heterocycles. The standard InChI is InChI=1S/C19H14FN5O2/c20-16-9-22-19(25-18(16)23-14-5-2-6-15(26)8-14)24-13-4-1-3-12(7-13)17-10-21-11-27-17/h1-11,26H,(H2,22,23,24,25). The van der Waals surface area contributed by atoms with E-state index in [1.807, 2.05) is 24.3 Å². The Morgan fingerprint density at radius 2 is 1.78 bits per heavy atom. The van der Waals surface area contributed by atoms with E-state index >= 15 is 0 Å². The number of nitrogens with one attached hydrogen (secondary N) is 2. The van der Waals surface area contributed by atoms with Crippen molar-refractivity contribution >= 4 is 23.1 Å². The molecule has 0 amide bonds. The maximum atomic E-state index is 14.0. The average Bonchev–Trinajstić information content (AvgIpc) is 3.20. The molecule has 0 aliphatic carbocycles. The van der Waals surface area contributed by atoms with Gasteiger partial charge in [-0.05, 0) is 24.3 Å².